The van der Waals surface area contributed by atoms with Crippen molar-refractivity contribution in [2.75, 3.05) is 6.61 Å². The number of rotatable bonds is 11. The van der Waals surface area contributed by atoms with Crippen LogP contribution in [0.5, 0.6) is 5.75 Å². The molecule has 0 aliphatic heterocycles. The van der Waals surface area contributed by atoms with E-state index in [-0.39, 0.29) is 11.9 Å². The molecule has 0 aliphatic rings. The van der Waals surface area contributed by atoms with Crippen LogP contribution in [-0.4, -0.2) is 22.5 Å². The lowest BCUT2D eigenvalue weighted by Crippen LogP contribution is -2.29. The van der Waals surface area contributed by atoms with Gasteiger partial charge in [-0.2, -0.15) is 0 Å². The van der Waals surface area contributed by atoms with Crippen molar-refractivity contribution < 1.29 is 9.53 Å². The largest absolute Gasteiger partial charge is 0.494 e. The van der Waals surface area contributed by atoms with Crippen LogP contribution in [0.3, 0.4) is 0 Å². The summed E-state index contributed by atoms with van der Waals surface area (Å²) < 4.78 is 5.73. The lowest BCUT2D eigenvalue weighted by molar-refractivity contribution is 0.0932. The number of ether oxygens (including phenoxy) is 1. The van der Waals surface area contributed by atoms with Crippen LogP contribution in [0.4, 0.5) is 0 Å². The maximum Gasteiger partial charge on any atom is 0.251 e. The highest BCUT2D eigenvalue weighted by Gasteiger charge is 2.19. The molecule has 2 N–H and O–H groups in total. The first-order valence-electron chi connectivity index (χ1n) is 10.7. The van der Waals surface area contributed by atoms with Gasteiger partial charge in [0.25, 0.3) is 5.91 Å². The molecule has 154 valence electrons. The molecule has 1 atom stereocenters. The molecule has 5 nitrogen and oxygen atoms in total. The normalized spacial score (nSPS) is 12.1. The number of carbonyl (C=O) groups excluding carboxylic acids is 1. The SMILES string of the molecule is CCCCCOc1ccc(C(=O)NC(CCCC)c2nc3ccccc3[nH]2)cc1. The van der Waals surface area contributed by atoms with E-state index < -0.39 is 0 Å². The molecule has 2 aromatic carbocycles. The number of nitrogens with zero attached hydrogens (tertiary/aromatic N) is 1. The summed E-state index contributed by atoms with van der Waals surface area (Å²) in [5.74, 6) is 1.52. The van der Waals surface area contributed by atoms with Gasteiger partial charge in [-0.15, -0.1) is 0 Å². The van der Waals surface area contributed by atoms with E-state index in [1.807, 2.05) is 48.5 Å². The minimum atomic E-state index is -0.139. The minimum Gasteiger partial charge on any atom is -0.494 e. The molecule has 0 aliphatic carbocycles. The van der Waals surface area contributed by atoms with Crippen molar-refractivity contribution in [2.24, 2.45) is 0 Å². The molecule has 1 amide bonds. The van der Waals surface area contributed by atoms with E-state index in [9.17, 15) is 4.79 Å². The van der Waals surface area contributed by atoms with Crippen molar-refractivity contribution in [1.29, 1.82) is 0 Å². The number of fused-ring (bicyclic) bond motifs is 1. The molecule has 1 unspecified atom stereocenters. The fraction of sp³-hybridized carbons (Fsp3) is 0.417. The summed E-state index contributed by atoms with van der Waals surface area (Å²) in [6.45, 7) is 5.04. The molecule has 0 fully saturated rings. The number of para-hydroxylation sites is 2. The van der Waals surface area contributed by atoms with Gasteiger partial charge in [0.1, 0.15) is 11.6 Å². The Balaban J connectivity index is 1.66. The molecule has 1 aromatic heterocycles. The Labute approximate surface area is 172 Å². The third-order valence-electron chi connectivity index (χ3n) is 5.02. The number of imidazole rings is 1. The Morgan fingerprint density at radius 3 is 2.52 bits per heavy atom. The van der Waals surface area contributed by atoms with Gasteiger partial charge in [-0.25, -0.2) is 4.98 Å². The Hall–Kier alpha value is -2.82. The quantitative estimate of drug-likeness (QED) is 0.405. The molecule has 0 bridgehead atoms. The molecular formula is C24H31N3O2. The Bertz CT molecular complexity index is 869. The third-order valence-corrected chi connectivity index (χ3v) is 5.02. The van der Waals surface area contributed by atoms with Crippen molar-refractivity contribution in [1.82, 2.24) is 15.3 Å². The number of nitrogens with one attached hydrogen (secondary N) is 2. The summed E-state index contributed by atoms with van der Waals surface area (Å²) in [4.78, 5) is 20.9. The Morgan fingerprint density at radius 1 is 1.03 bits per heavy atom. The van der Waals surface area contributed by atoms with Crippen molar-refractivity contribution in [3.8, 4) is 5.75 Å². The average molecular weight is 394 g/mol. The van der Waals surface area contributed by atoms with Crippen LogP contribution in [0, 0.1) is 0 Å². The number of aromatic nitrogens is 2. The standard InChI is InChI=1S/C24H31N3O2/c1-3-5-9-17-29-19-15-13-18(14-16-19)24(28)27-22(10-6-4-2)23-25-20-11-7-8-12-21(20)26-23/h7-8,11-16,22H,3-6,9-10,17H2,1-2H3,(H,25,26)(H,27,28). The summed E-state index contributed by atoms with van der Waals surface area (Å²) in [5.41, 5.74) is 2.54. The van der Waals surface area contributed by atoms with Gasteiger partial charge in [0.15, 0.2) is 0 Å². The van der Waals surface area contributed by atoms with E-state index in [0.29, 0.717) is 12.2 Å². The number of unbranched alkanes of at least 4 members (excludes halogenated alkanes) is 3. The van der Waals surface area contributed by atoms with Crippen molar-refractivity contribution in [2.45, 2.75) is 58.4 Å². The second-order valence-electron chi connectivity index (χ2n) is 7.39. The number of benzene rings is 2. The zero-order chi connectivity index (χ0) is 20.5. The van der Waals surface area contributed by atoms with Crippen LogP contribution in [0.1, 0.15) is 74.6 Å². The van der Waals surface area contributed by atoms with Crippen LogP contribution in [0.2, 0.25) is 0 Å². The fourth-order valence-corrected chi connectivity index (χ4v) is 3.31. The first kappa shape index (κ1) is 20.9. The summed E-state index contributed by atoms with van der Waals surface area (Å²) >= 11 is 0. The van der Waals surface area contributed by atoms with E-state index in [0.717, 1.165) is 48.3 Å². The predicted octanol–water partition coefficient (Wildman–Crippen LogP) is 5.79. The molecule has 3 rings (SSSR count). The predicted molar refractivity (Wildman–Crippen MR) is 117 cm³/mol. The van der Waals surface area contributed by atoms with Gasteiger partial charge in [0, 0.05) is 5.56 Å². The van der Waals surface area contributed by atoms with E-state index in [1.54, 1.807) is 0 Å². The van der Waals surface area contributed by atoms with E-state index in [4.69, 9.17) is 4.74 Å². The zero-order valence-corrected chi connectivity index (χ0v) is 17.4. The monoisotopic (exact) mass is 393 g/mol. The molecule has 29 heavy (non-hydrogen) atoms. The zero-order valence-electron chi connectivity index (χ0n) is 17.4. The van der Waals surface area contributed by atoms with Crippen molar-refractivity contribution in [3.63, 3.8) is 0 Å². The van der Waals surface area contributed by atoms with Gasteiger partial charge in [-0.1, -0.05) is 51.7 Å². The van der Waals surface area contributed by atoms with E-state index in [1.165, 1.54) is 12.8 Å². The van der Waals surface area contributed by atoms with Crippen LogP contribution < -0.4 is 10.1 Å². The number of amides is 1. The maximum absolute atomic E-state index is 12.8. The van der Waals surface area contributed by atoms with Crippen LogP contribution in [0.15, 0.2) is 48.5 Å². The van der Waals surface area contributed by atoms with Crippen molar-refractivity contribution in [3.05, 3.63) is 59.9 Å². The van der Waals surface area contributed by atoms with Gasteiger partial charge in [-0.3, -0.25) is 4.79 Å². The minimum absolute atomic E-state index is 0.0934. The fourth-order valence-electron chi connectivity index (χ4n) is 3.31. The summed E-state index contributed by atoms with van der Waals surface area (Å²) in [7, 11) is 0. The lowest BCUT2D eigenvalue weighted by Gasteiger charge is -2.16. The lowest BCUT2D eigenvalue weighted by atomic mass is 10.1. The molecule has 0 radical (unpaired) electrons. The second kappa shape index (κ2) is 10.6. The molecule has 0 saturated heterocycles. The molecule has 0 saturated carbocycles. The molecule has 1 heterocycles. The number of aromatic amines is 1. The van der Waals surface area contributed by atoms with Gasteiger partial charge in [0.2, 0.25) is 0 Å². The second-order valence-corrected chi connectivity index (χ2v) is 7.39. The van der Waals surface area contributed by atoms with Gasteiger partial charge in [0.05, 0.1) is 23.7 Å². The van der Waals surface area contributed by atoms with Crippen LogP contribution in [0.25, 0.3) is 11.0 Å². The number of hydrogen-bond acceptors (Lipinski definition) is 3. The topological polar surface area (TPSA) is 67.0 Å². The highest BCUT2D eigenvalue weighted by atomic mass is 16.5. The number of hydrogen-bond donors (Lipinski definition) is 2. The highest BCUT2D eigenvalue weighted by Crippen LogP contribution is 2.21. The maximum atomic E-state index is 12.8. The van der Waals surface area contributed by atoms with Crippen LogP contribution in [-0.2, 0) is 0 Å². The third kappa shape index (κ3) is 5.83. The summed E-state index contributed by atoms with van der Waals surface area (Å²) in [6, 6.07) is 15.2. The molecule has 5 heteroatoms. The molecular weight excluding hydrogens is 362 g/mol. The van der Waals surface area contributed by atoms with Crippen LogP contribution >= 0.6 is 0 Å². The van der Waals surface area contributed by atoms with Gasteiger partial charge in [-0.05, 0) is 49.2 Å². The summed E-state index contributed by atoms with van der Waals surface area (Å²) in [5, 5.41) is 3.15. The van der Waals surface area contributed by atoms with Gasteiger partial charge >= 0.3 is 0 Å². The first-order chi connectivity index (χ1) is 14.2. The number of H-pyrrole nitrogens is 1. The molecule has 0 spiro atoms. The van der Waals surface area contributed by atoms with E-state index in [2.05, 4.69) is 29.1 Å². The van der Waals surface area contributed by atoms with Gasteiger partial charge < -0.3 is 15.0 Å². The Morgan fingerprint density at radius 2 is 1.79 bits per heavy atom. The van der Waals surface area contributed by atoms with E-state index >= 15 is 0 Å². The molecule has 3 aromatic rings. The summed E-state index contributed by atoms with van der Waals surface area (Å²) in [6.07, 6.45) is 6.33. The van der Waals surface area contributed by atoms with Crippen molar-refractivity contribution >= 4 is 16.9 Å². The highest BCUT2D eigenvalue weighted by molar-refractivity contribution is 5.94. The smallest absolute Gasteiger partial charge is 0.251 e. The average Bonchev–Trinajstić information content (AvgIpc) is 3.18. The Kier molecular flexibility index (Phi) is 7.68. The number of carbonyl (C=O) groups is 1. The first-order valence-corrected chi connectivity index (χ1v) is 10.7.